The number of carbonyl (C=O) groups excluding carboxylic acids is 1. The molecule has 148 valence electrons. The van der Waals surface area contributed by atoms with Crippen molar-refractivity contribution >= 4 is 28.0 Å². The number of imidazole rings is 1. The Balaban J connectivity index is 1.32. The summed E-state index contributed by atoms with van der Waals surface area (Å²) < 4.78 is 8.37. The summed E-state index contributed by atoms with van der Waals surface area (Å²) in [5, 5.41) is 0. The van der Waals surface area contributed by atoms with Crippen LogP contribution in [0.25, 0.3) is 22.1 Å². The lowest BCUT2D eigenvalue weighted by Crippen LogP contribution is -2.42. The zero-order valence-electron chi connectivity index (χ0n) is 15.7. The first kappa shape index (κ1) is 17.5. The van der Waals surface area contributed by atoms with Gasteiger partial charge >= 0.3 is 11.4 Å². The Labute approximate surface area is 165 Å². The number of carbonyl (C=O) groups is 1. The third kappa shape index (κ3) is 2.97. The summed E-state index contributed by atoms with van der Waals surface area (Å²) >= 11 is 0. The number of hydrogen-bond acceptors (Lipinski definition) is 4. The molecule has 3 heterocycles. The van der Waals surface area contributed by atoms with Gasteiger partial charge in [-0.3, -0.25) is 13.9 Å². The fraction of sp³-hybridized carbons (Fsp3) is 0.286. The lowest BCUT2D eigenvalue weighted by atomic mass is 10.0. The van der Waals surface area contributed by atoms with Gasteiger partial charge in [-0.1, -0.05) is 24.3 Å². The number of oxazole rings is 1. The van der Waals surface area contributed by atoms with Crippen LogP contribution in [0.4, 0.5) is 0 Å². The summed E-state index contributed by atoms with van der Waals surface area (Å²) in [7, 11) is 0. The molecule has 8 heteroatoms. The number of fused-ring (bicyclic) bond motifs is 2. The molecule has 0 radical (unpaired) electrons. The molecule has 1 aliphatic rings. The van der Waals surface area contributed by atoms with E-state index in [1.807, 2.05) is 30.3 Å². The number of aromatic amines is 1. The smallest absolute Gasteiger partial charge is 0.408 e. The van der Waals surface area contributed by atoms with Crippen molar-refractivity contribution in [2.75, 3.05) is 13.1 Å². The highest BCUT2D eigenvalue weighted by Gasteiger charge is 2.26. The molecule has 0 saturated carbocycles. The van der Waals surface area contributed by atoms with Crippen LogP contribution in [0.3, 0.4) is 0 Å². The van der Waals surface area contributed by atoms with Crippen molar-refractivity contribution in [2.24, 2.45) is 0 Å². The number of benzene rings is 2. The molecule has 0 bridgehead atoms. The number of rotatable bonds is 3. The molecule has 29 heavy (non-hydrogen) atoms. The Morgan fingerprint density at radius 2 is 1.69 bits per heavy atom. The van der Waals surface area contributed by atoms with Crippen LogP contribution >= 0.6 is 0 Å². The SMILES string of the molecule is O=C(Cn1c(=O)oc2ccccc21)N1CCC(n2c(=O)[nH]c3ccccc32)CC1. The number of piperidine rings is 1. The number of amides is 1. The Morgan fingerprint density at radius 1 is 1.00 bits per heavy atom. The average Bonchev–Trinajstić information content (AvgIpc) is 3.24. The standard InChI is InChI=1S/C21H20N4O4/c26-19(13-24-17-7-3-4-8-18(17)29-21(24)28)23-11-9-14(10-12-23)25-16-6-2-1-5-15(16)22-20(25)27/h1-8,14H,9-13H2,(H,22,27). The Morgan fingerprint density at radius 3 is 2.48 bits per heavy atom. The summed E-state index contributed by atoms with van der Waals surface area (Å²) in [5.41, 5.74) is 2.68. The van der Waals surface area contributed by atoms with Gasteiger partial charge in [-0.15, -0.1) is 0 Å². The molecule has 2 aromatic heterocycles. The molecule has 0 spiro atoms. The topological polar surface area (TPSA) is 93.2 Å². The number of para-hydroxylation sites is 4. The quantitative estimate of drug-likeness (QED) is 0.578. The highest BCUT2D eigenvalue weighted by Crippen LogP contribution is 2.25. The molecule has 1 saturated heterocycles. The summed E-state index contributed by atoms with van der Waals surface area (Å²) in [4.78, 5) is 41.9. The number of hydrogen-bond donors (Lipinski definition) is 1. The second-order valence-corrected chi connectivity index (χ2v) is 7.35. The van der Waals surface area contributed by atoms with E-state index in [2.05, 4.69) is 4.98 Å². The maximum atomic E-state index is 12.8. The fourth-order valence-electron chi connectivity index (χ4n) is 4.21. The van der Waals surface area contributed by atoms with Gasteiger partial charge in [-0.2, -0.15) is 0 Å². The van der Waals surface area contributed by atoms with Crippen LogP contribution < -0.4 is 11.4 Å². The fourth-order valence-corrected chi connectivity index (χ4v) is 4.21. The van der Waals surface area contributed by atoms with Crippen LogP contribution in [0.1, 0.15) is 18.9 Å². The number of nitrogens with zero attached hydrogens (tertiary/aromatic N) is 3. The molecule has 0 atom stereocenters. The zero-order valence-corrected chi connectivity index (χ0v) is 15.7. The molecule has 1 aliphatic heterocycles. The van der Waals surface area contributed by atoms with E-state index in [4.69, 9.17) is 4.42 Å². The first-order valence-electron chi connectivity index (χ1n) is 9.67. The Hall–Kier alpha value is -3.55. The van der Waals surface area contributed by atoms with E-state index in [1.54, 1.807) is 27.7 Å². The molecule has 1 N–H and O–H groups in total. The minimum Gasteiger partial charge on any atom is -0.408 e. The van der Waals surface area contributed by atoms with Crippen LogP contribution in [0, 0.1) is 0 Å². The maximum Gasteiger partial charge on any atom is 0.420 e. The van der Waals surface area contributed by atoms with E-state index < -0.39 is 5.76 Å². The highest BCUT2D eigenvalue weighted by atomic mass is 16.4. The predicted molar refractivity (Wildman–Crippen MR) is 108 cm³/mol. The first-order chi connectivity index (χ1) is 14.1. The molecular weight excluding hydrogens is 372 g/mol. The highest BCUT2D eigenvalue weighted by molar-refractivity contribution is 5.80. The largest absolute Gasteiger partial charge is 0.420 e. The number of H-pyrrole nitrogens is 1. The van der Waals surface area contributed by atoms with E-state index in [1.165, 1.54) is 4.57 Å². The van der Waals surface area contributed by atoms with Gasteiger partial charge in [-0.05, 0) is 37.1 Å². The van der Waals surface area contributed by atoms with Crippen molar-refractivity contribution in [3.63, 3.8) is 0 Å². The average molecular weight is 392 g/mol. The molecule has 5 rings (SSSR count). The Kier molecular flexibility index (Phi) is 4.12. The van der Waals surface area contributed by atoms with Crippen LogP contribution in [0.15, 0.2) is 62.5 Å². The van der Waals surface area contributed by atoms with Gasteiger partial charge in [0.15, 0.2) is 5.58 Å². The van der Waals surface area contributed by atoms with E-state index in [9.17, 15) is 14.4 Å². The van der Waals surface area contributed by atoms with Crippen molar-refractivity contribution in [2.45, 2.75) is 25.4 Å². The van der Waals surface area contributed by atoms with Gasteiger partial charge in [0.25, 0.3) is 0 Å². The van der Waals surface area contributed by atoms with E-state index >= 15 is 0 Å². The van der Waals surface area contributed by atoms with Gasteiger partial charge < -0.3 is 14.3 Å². The van der Waals surface area contributed by atoms with Gasteiger partial charge in [0.2, 0.25) is 5.91 Å². The minimum absolute atomic E-state index is 0.0418. The van der Waals surface area contributed by atoms with Crippen LogP contribution in [-0.4, -0.2) is 38.0 Å². The summed E-state index contributed by atoms with van der Waals surface area (Å²) in [6, 6.07) is 14.7. The first-order valence-corrected chi connectivity index (χ1v) is 9.67. The molecule has 0 aliphatic carbocycles. The second kappa shape index (κ2) is 6.80. The summed E-state index contributed by atoms with van der Waals surface area (Å²) in [6.07, 6.45) is 1.38. The van der Waals surface area contributed by atoms with Crippen molar-refractivity contribution in [3.8, 4) is 0 Å². The normalized spacial score (nSPS) is 15.4. The van der Waals surface area contributed by atoms with Gasteiger partial charge in [-0.25, -0.2) is 9.59 Å². The maximum absolute atomic E-state index is 12.8. The molecule has 1 fully saturated rings. The zero-order chi connectivity index (χ0) is 20.0. The van der Waals surface area contributed by atoms with Gasteiger partial charge in [0, 0.05) is 19.1 Å². The summed E-state index contributed by atoms with van der Waals surface area (Å²) in [6.45, 7) is 1.04. The number of nitrogens with one attached hydrogen (secondary N) is 1. The third-order valence-corrected chi connectivity index (χ3v) is 5.67. The van der Waals surface area contributed by atoms with Gasteiger partial charge in [0.1, 0.15) is 6.54 Å². The van der Waals surface area contributed by atoms with E-state index in [-0.39, 0.29) is 24.2 Å². The lowest BCUT2D eigenvalue weighted by molar-refractivity contribution is -0.133. The van der Waals surface area contributed by atoms with E-state index in [0.717, 1.165) is 11.0 Å². The number of likely N-dealkylation sites (tertiary alicyclic amines) is 1. The van der Waals surface area contributed by atoms with Crippen molar-refractivity contribution in [3.05, 3.63) is 69.6 Å². The van der Waals surface area contributed by atoms with Crippen LogP contribution in [0.2, 0.25) is 0 Å². The molecule has 0 unspecified atom stereocenters. The Bertz CT molecular complexity index is 1320. The third-order valence-electron chi connectivity index (χ3n) is 5.67. The molecule has 8 nitrogen and oxygen atoms in total. The second-order valence-electron chi connectivity index (χ2n) is 7.35. The summed E-state index contributed by atoms with van der Waals surface area (Å²) in [5.74, 6) is -0.650. The van der Waals surface area contributed by atoms with Crippen molar-refractivity contribution < 1.29 is 9.21 Å². The molecule has 4 aromatic rings. The minimum atomic E-state index is -0.528. The van der Waals surface area contributed by atoms with E-state index in [0.29, 0.717) is 37.0 Å². The lowest BCUT2D eigenvalue weighted by Gasteiger charge is -2.32. The molecular formula is C21H20N4O4. The monoisotopic (exact) mass is 392 g/mol. The molecule has 2 aromatic carbocycles. The molecule has 1 amide bonds. The number of aromatic nitrogens is 3. The van der Waals surface area contributed by atoms with Crippen LogP contribution in [0.5, 0.6) is 0 Å². The van der Waals surface area contributed by atoms with Crippen LogP contribution in [-0.2, 0) is 11.3 Å². The van der Waals surface area contributed by atoms with Crippen molar-refractivity contribution in [1.82, 2.24) is 19.0 Å². The van der Waals surface area contributed by atoms with Gasteiger partial charge in [0.05, 0.1) is 16.6 Å². The van der Waals surface area contributed by atoms with Crippen molar-refractivity contribution in [1.29, 1.82) is 0 Å². The predicted octanol–water partition coefficient (Wildman–Crippen LogP) is 2.10.